The lowest BCUT2D eigenvalue weighted by molar-refractivity contribution is 0.0524. The van der Waals surface area contributed by atoms with Gasteiger partial charge >= 0.3 is 6.09 Å². The number of aromatic nitrogens is 2. The van der Waals surface area contributed by atoms with Crippen molar-refractivity contribution in [1.82, 2.24) is 15.3 Å². The summed E-state index contributed by atoms with van der Waals surface area (Å²) < 4.78 is 5.97. The Balaban J connectivity index is 2.69. The molecule has 130 valence electrons. The van der Waals surface area contributed by atoms with Gasteiger partial charge in [-0.2, -0.15) is 4.98 Å². The minimum absolute atomic E-state index is 0.00946. The first-order chi connectivity index (χ1) is 10.6. The molecule has 1 aromatic heterocycles. The molecule has 0 saturated heterocycles. The second-order valence-corrected chi connectivity index (χ2v) is 7.88. The van der Waals surface area contributed by atoms with Gasteiger partial charge in [-0.25, -0.2) is 9.78 Å². The summed E-state index contributed by atoms with van der Waals surface area (Å²) in [6.07, 6.45) is 2.00. The van der Waals surface area contributed by atoms with Crippen LogP contribution in [0.1, 0.15) is 41.0 Å². The van der Waals surface area contributed by atoms with Crippen molar-refractivity contribution >= 4 is 39.4 Å². The van der Waals surface area contributed by atoms with Gasteiger partial charge in [-0.3, -0.25) is 0 Å². The third-order valence-electron chi connectivity index (χ3n) is 2.70. The van der Waals surface area contributed by atoms with E-state index in [9.17, 15) is 4.79 Å². The number of hydrogen-bond acceptors (Lipinski definition) is 5. The summed E-state index contributed by atoms with van der Waals surface area (Å²) in [5, 5.41) is 6.23. The highest BCUT2D eigenvalue weighted by Crippen LogP contribution is 2.22. The summed E-state index contributed by atoms with van der Waals surface area (Å²) in [6.45, 7) is 10.1. The van der Waals surface area contributed by atoms with Crippen LogP contribution in [-0.2, 0) is 4.74 Å². The van der Waals surface area contributed by atoms with E-state index in [-0.39, 0.29) is 11.3 Å². The molecule has 1 heterocycles. The molecule has 0 aromatic carbocycles. The summed E-state index contributed by atoms with van der Waals surface area (Å²) >= 11 is 9.22. The second kappa shape index (κ2) is 8.68. The summed E-state index contributed by atoms with van der Waals surface area (Å²) in [5.74, 6) is 1.05. The van der Waals surface area contributed by atoms with Crippen LogP contribution in [0.15, 0.2) is 10.7 Å². The third kappa shape index (κ3) is 8.37. The normalized spacial score (nSPS) is 12.9. The molecule has 0 bridgehead atoms. The molecule has 0 aliphatic heterocycles. The van der Waals surface area contributed by atoms with Crippen molar-refractivity contribution in [2.75, 3.05) is 11.9 Å². The van der Waals surface area contributed by atoms with Crippen LogP contribution in [0.3, 0.4) is 0 Å². The Morgan fingerprint density at radius 1 is 1.43 bits per heavy atom. The maximum atomic E-state index is 11.8. The van der Waals surface area contributed by atoms with Crippen molar-refractivity contribution in [3.63, 3.8) is 0 Å². The van der Waals surface area contributed by atoms with Crippen LogP contribution in [0.25, 0.3) is 0 Å². The number of hydrogen-bond donors (Lipinski definition) is 2. The Labute approximate surface area is 150 Å². The predicted molar refractivity (Wildman–Crippen MR) is 95.8 cm³/mol. The minimum Gasteiger partial charge on any atom is -0.444 e. The highest BCUT2D eigenvalue weighted by atomic mass is 79.9. The van der Waals surface area contributed by atoms with Crippen LogP contribution in [0, 0.1) is 5.92 Å². The van der Waals surface area contributed by atoms with Crippen LogP contribution in [0.2, 0.25) is 5.28 Å². The van der Waals surface area contributed by atoms with Gasteiger partial charge in [0.15, 0.2) is 0 Å². The SMILES string of the molecule is CC(C)C[C@H](CNC(=O)OC(C)(C)C)Nc1nc(Cl)ncc1Br. The van der Waals surface area contributed by atoms with E-state index in [4.69, 9.17) is 16.3 Å². The molecule has 0 aliphatic carbocycles. The van der Waals surface area contributed by atoms with Gasteiger partial charge < -0.3 is 15.4 Å². The molecular formula is C15H24BrClN4O2. The molecule has 0 radical (unpaired) electrons. The molecular weight excluding hydrogens is 384 g/mol. The van der Waals surface area contributed by atoms with Crippen molar-refractivity contribution < 1.29 is 9.53 Å². The molecule has 0 aliphatic rings. The predicted octanol–water partition coefficient (Wildman–Crippen LogP) is 4.24. The number of ether oxygens (including phenoxy) is 1. The third-order valence-corrected chi connectivity index (χ3v) is 3.47. The summed E-state index contributed by atoms with van der Waals surface area (Å²) in [6, 6.07) is -0.00946. The zero-order valence-electron chi connectivity index (χ0n) is 14.1. The van der Waals surface area contributed by atoms with Crippen LogP contribution in [-0.4, -0.2) is 34.2 Å². The lowest BCUT2D eigenvalue weighted by Crippen LogP contribution is -2.40. The molecule has 1 amide bonds. The summed E-state index contributed by atoms with van der Waals surface area (Å²) in [4.78, 5) is 19.9. The summed E-state index contributed by atoms with van der Waals surface area (Å²) in [7, 11) is 0. The minimum atomic E-state index is -0.520. The number of halogens is 2. The lowest BCUT2D eigenvalue weighted by Gasteiger charge is -2.24. The quantitative estimate of drug-likeness (QED) is 0.690. The van der Waals surface area contributed by atoms with Crippen molar-refractivity contribution in [3.8, 4) is 0 Å². The van der Waals surface area contributed by atoms with E-state index < -0.39 is 11.7 Å². The number of carbonyl (C=O) groups excluding carboxylic acids is 1. The van der Waals surface area contributed by atoms with Gasteiger partial charge in [-0.15, -0.1) is 0 Å². The molecule has 0 spiro atoms. The fourth-order valence-corrected chi connectivity index (χ4v) is 2.36. The molecule has 2 N–H and O–H groups in total. The van der Waals surface area contributed by atoms with E-state index in [1.807, 2.05) is 20.8 Å². The molecule has 8 heteroatoms. The smallest absolute Gasteiger partial charge is 0.407 e. The number of carbonyl (C=O) groups is 1. The van der Waals surface area contributed by atoms with E-state index in [1.54, 1.807) is 6.20 Å². The zero-order chi connectivity index (χ0) is 17.6. The van der Waals surface area contributed by atoms with Crippen LogP contribution in [0.4, 0.5) is 10.6 Å². The van der Waals surface area contributed by atoms with Crippen molar-refractivity contribution in [2.45, 2.75) is 52.7 Å². The number of anilines is 1. The van der Waals surface area contributed by atoms with Crippen LogP contribution in [0.5, 0.6) is 0 Å². The Morgan fingerprint density at radius 3 is 2.65 bits per heavy atom. The fraction of sp³-hybridized carbons (Fsp3) is 0.667. The van der Waals surface area contributed by atoms with Gasteiger partial charge in [-0.05, 0) is 60.6 Å². The number of nitrogens with zero attached hydrogens (tertiary/aromatic N) is 2. The highest BCUT2D eigenvalue weighted by Gasteiger charge is 2.19. The lowest BCUT2D eigenvalue weighted by atomic mass is 10.0. The molecule has 0 fully saturated rings. The molecule has 0 unspecified atom stereocenters. The van der Waals surface area contributed by atoms with E-state index in [1.165, 1.54) is 0 Å². The number of amides is 1. The Bertz CT molecular complexity index is 535. The van der Waals surface area contributed by atoms with E-state index in [0.29, 0.717) is 22.8 Å². The van der Waals surface area contributed by atoms with Crippen LogP contribution >= 0.6 is 27.5 Å². The van der Waals surface area contributed by atoms with Gasteiger partial charge in [0.25, 0.3) is 0 Å². The van der Waals surface area contributed by atoms with Crippen molar-refractivity contribution in [1.29, 1.82) is 0 Å². The van der Waals surface area contributed by atoms with Crippen LogP contribution < -0.4 is 10.6 Å². The second-order valence-electron chi connectivity index (χ2n) is 6.69. The Hall–Kier alpha value is -1.08. The van der Waals surface area contributed by atoms with E-state index >= 15 is 0 Å². The largest absolute Gasteiger partial charge is 0.444 e. The number of alkyl carbamates (subject to hydrolysis) is 1. The standard InChI is InChI=1S/C15H24BrClN4O2/c1-9(2)6-10(7-19-14(22)23-15(3,4)5)20-12-11(16)8-18-13(17)21-12/h8-10H,6-7H2,1-5H3,(H,19,22)(H,18,20,21)/t10-/m1/s1. The maximum Gasteiger partial charge on any atom is 0.407 e. The van der Waals surface area contributed by atoms with Gasteiger partial charge in [0.1, 0.15) is 11.4 Å². The monoisotopic (exact) mass is 406 g/mol. The number of nitrogens with one attached hydrogen (secondary N) is 2. The van der Waals surface area contributed by atoms with E-state index in [2.05, 4.69) is 50.4 Å². The first-order valence-corrected chi connectivity index (χ1v) is 8.65. The van der Waals surface area contributed by atoms with Gasteiger partial charge in [0.05, 0.1) is 4.47 Å². The Kier molecular flexibility index (Phi) is 7.54. The molecule has 6 nitrogen and oxygen atoms in total. The Morgan fingerprint density at radius 2 is 2.09 bits per heavy atom. The average molecular weight is 408 g/mol. The summed E-state index contributed by atoms with van der Waals surface area (Å²) in [5.41, 5.74) is -0.520. The molecule has 1 atom stereocenters. The first-order valence-electron chi connectivity index (χ1n) is 7.48. The number of rotatable bonds is 6. The highest BCUT2D eigenvalue weighted by molar-refractivity contribution is 9.10. The van der Waals surface area contributed by atoms with Gasteiger partial charge in [0.2, 0.25) is 5.28 Å². The molecule has 1 aromatic rings. The van der Waals surface area contributed by atoms with E-state index in [0.717, 1.165) is 6.42 Å². The van der Waals surface area contributed by atoms with Gasteiger partial charge in [0, 0.05) is 18.8 Å². The molecule has 1 rings (SSSR count). The van der Waals surface area contributed by atoms with Crippen molar-refractivity contribution in [2.24, 2.45) is 5.92 Å². The molecule has 0 saturated carbocycles. The first kappa shape index (κ1) is 20.0. The maximum absolute atomic E-state index is 11.8. The zero-order valence-corrected chi connectivity index (χ0v) is 16.5. The topological polar surface area (TPSA) is 76.1 Å². The average Bonchev–Trinajstić information content (AvgIpc) is 2.37. The molecule has 23 heavy (non-hydrogen) atoms. The van der Waals surface area contributed by atoms with Gasteiger partial charge in [-0.1, -0.05) is 13.8 Å². The van der Waals surface area contributed by atoms with Crippen molar-refractivity contribution in [3.05, 3.63) is 16.0 Å². The fourth-order valence-electron chi connectivity index (χ4n) is 1.92.